The molecule has 5 aromatic rings. The van der Waals surface area contributed by atoms with Crippen LogP contribution in [0, 0.1) is 5.92 Å². The second kappa shape index (κ2) is 18.6. The SMILES string of the molecule is O=C(NC(c1ccccc1)c1cccc(OCCCCCCNCC(O)c2ccc(O)c3[nH]c(=O)ccc23)c1)OC1C[N+]2(CC(=O)c3ccccc3)CCC1CC2. The molecule has 3 unspecified atom stereocenters. The Morgan fingerprint density at radius 2 is 1.58 bits per heavy atom. The third kappa shape index (κ3) is 10.1. The summed E-state index contributed by atoms with van der Waals surface area (Å²) in [6.45, 7) is 4.60. The van der Waals surface area contributed by atoms with Crippen LogP contribution in [0.15, 0.2) is 114 Å². The van der Waals surface area contributed by atoms with Crippen molar-refractivity contribution in [2.75, 3.05) is 45.9 Å². The first-order chi connectivity index (χ1) is 27.8. The fourth-order valence-electron chi connectivity index (χ4n) is 8.47. The number of fused-ring (bicyclic) bond motifs is 4. The van der Waals surface area contributed by atoms with E-state index in [9.17, 15) is 24.6 Å². The van der Waals surface area contributed by atoms with Crippen LogP contribution < -0.4 is 20.9 Å². The Kier molecular flexibility index (Phi) is 13.0. The van der Waals surface area contributed by atoms with Crippen LogP contribution in [-0.2, 0) is 4.74 Å². The van der Waals surface area contributed by atoms with Gasteiger partial charge >= 0.3 is 6.09 Å². The zero-order chi connectivity index (χ0) is 39.6. The molecule has 2 bridgehead atoms. The van der Waals surface area contributed by atoms with Gasteiger partial charge in [0.25, 0.3) is 0 Å². The number of aliphatic hydroxyl groups is 1. The van der Waals surface area contributed by atoms with Crippen LogP contribution in [0.4, 0.5) is 4.79 Å². The number of amides is 1. The van der Waals surface area contributed by atoms with Crippen LogP contribution in [0.25, 0.3) is 10.9 Å². The number of alkyl carbamates (subject to hydrolysis) is 1. The maximum Gasteiger partial charge on any atom is 0.408 e. The van der Waals surface area contributed by atoms with Crippen molar-refractivity contribution < 1.29 is 33.8 Å². The number of ketones is 1. The van der Waals surface area contributed by atoms with E-state index >= 15 is 0 Å². The second-order valence-corrected chi connectivity index (χ2v) is 15.5. The zero-order valence-electron chi connectivity index (χ0n) is 32.3. The number of ether oxygens (including phenoxy) is 2. The van der Waals surface area contributed by atoms with Crippen molar-refractivity contribution in [3.63, 3.8) is 0 Å². The molecule has 5 N–H and O–H groups in total. The maximum atomic E-state index is 13.6. The minimum atomic E-state index is -0.784. The first-order valence-corrected chi connectivity index (χ1v) is 20.2. The number of carbonyl (C=O) groups excluding carboxylic acids is 2. The molecule has 4 heterocycles. The molecule has 0 radical (unpaired) electrons. The number of pyridine rings is 1. The number of phenols is 1. The normalized spacial score (nSPS) is 19.8. The molecule has 0 spiro atoms. The van der Waals surface area contributed by atoms with Gasteiger partial charge in [-0.1, -0.05) is 91.7 Å². The van der Waals surface area contributed by atoms with E-state index in [1.807, 2.05) is 84.9 Å². The molecule has 11 nitrogen and oxygen atoms in total. The molecule has 8 rings (SSSR count). The number of piperidine rings is 3. The molecule has 3 saturated heterocycles. The monoisotopic (exact) mass is 773 g/mol. The van der Waals surface area contributed by atoms with Crippen molar-refractivity contribution in [1.82, 2.24) is 15.6 Å². The lowest BCUT2D eigenvalue weighted by atomic mass is 9.83. The summed E-state index contributed by atoms with van der Waals surface area (Å²) < 4.78 is 13.0. The molecule has 0 aliphatic carbocycles. The number of hydrogen-bond donors (Lipinski definition) is 5. The highest BCUT2D eigenvalue weighted by molar-refractivity contribution is 5.97. The number of Topliss-reactive ketones (excluding diaryl/α,β-unsaturated/α-hetero) is 1. The van der Waals surface area contributed by atoms with Crippen molar-refractivity contribution in [3.8, 4) is 11.5 Å². The summed E-state index contributed by atoms with van der Waals surface area (Å²) in [6, 6.07) is 32.9. The molecule has 3 atom stereocenters. The highest BCUT2D eigenvalue weighted by Crippen LogP contribution is 2.36. The largest absolute Gasteiger partial charge is 0.506 e. The van der Waals surface area contributed by atoms with Gasteiger partial charge in [0.2, 0.25) is 11.3 Å². The van der Waals surface area contributed by atoms with Gasteiger partial charge in [-0.15, -0.1) is 0 Å². The van der Waals surface area contributed by atoms with Gasteiger partial charge in [-0.3, -0.25) is 9.59 Å². The molecule has 3 aliphatic rings. The lowest BCUT2D eigenvalue weighted by Crippen LogP contribution is -2.66. The van der Waals surface area contributed by atoms with Gasteiger partial charge in [-0.25, -0.2) is 4.79 Å². The Hall–Kier alpha value is -5.49. The molecule has 0 saturated carbocycles. The number of nitrogens with zero attached hydrogens (tertiary/aromatic N) is 1. The third-order valence-electron chi connectivity index (χ3n) is 11.6. The Balaban J connectivity index is 0.865. The Bertz CT molecular complexity index is 2170. The van der Waals surface area contributed by atoms with E-state index in [0.717, 1.165) is 80.6 Å². The number of aromatic nitrogens is 1. The maximum absolute atomic E-state index is 13.6. The van der Waals surface area contributed by atoms with Crippen LogP contribution in [0.3, 0.4) is 0 Å². The summed E-state index contributed by atoms with van der Waals surface area (Å²) in [5.41, 5.74) is 3.22. The number of aromatic amines is 1. The molecule has 11 heteroatoms. The van der Waals surface area contributed by atoms with Crippen molar-refractivity contribution in [2.24, 2.45) is 5.92 Å². The molecular formula is C46H53N4O7+. The number of phenolic OH excluding ortho intramolecular Hbond substituents is 1. The quantitative estimate of drug-likeness (QED) is 0.0371. The highest BCUT2D eigenvalue weighted by atomic mass is 16.6. The van der Waals surface area contributed by atoms with Gasteiger partial charge in [-0.05, 0) is 60.3 Å². The summed E-state index contributed by atoms with van der Waals surface area (Å²) in [6.07, 6.45) is 4.21. The van der Waals surface area contributed by atoms with Crippen LogP contribution in [0.2, 0.25) is 0 Å². The molecule has 1 amide bonds. The average Bonchev–Trinajstić information content (AvgIpc) is 3.23. The number of aliphatic hydroxyl groups excluding tert-OH is 1. The van der Waals surface area contributed by atoms with Crippen LogP contribution in [0.5, 0.6) is 11.5 Å². The molecule has 3 fully saturated rings. The third-order valence-corrected chi connectivity index (χ3v) is 11.6. The fourth-order valence-corrected chi connectivity index (χ4v) is 8.47. The van der Waals surface area contributed by atoms with Crippen LogP contribution in [-0.4, -0.2) is 83.5 Å². The highest BCUT2D eigenvalue weighted by Gasteiger charge is 2.48. The number of carbonyl (C=O) groups is 2. The number of aromatic hydroxyl groups is 1. The number of hydrogen-bond acceptors (Lipinski definition) is 8. The Morgan fingerprint density at radius 1 is 0.842 bits per heavy atom. The zero-order valence-corrected chi connectivity index (χ0v) is 32.3. The van der Waals surface area contributed by atoms with E-state index in [-0.39, 0.29) is 23.2 Å². The van der Waals surface area contributed by atoms with Crippen molar-refractivity contribution in [1.29, 1.82) is 0 Å². The number of quaternary nitrogens is 1. The smallest absolute Gasteiger partial charge is 0.408 e. The van der Waals surface area contributed by atoms with Crippen molar-refractivity contribution >= 4 is 22.8 Å². The molecule has 298 valence electrons. The summed E-state index contributed by atoms with van der Waals surface area (Å²) in [4.78, 5) is 41.1. The predicted molar refractivity (Wildman–Crippen MR) is 219 cm³/mol. The molecule has 3 aliphatic heterocycles. The standard InChI is InChI=1S/C46H52N4O7/c51-39-20-18-37(38-19-21-43(54)48-45(38)39)40(52)29-47-24-9-1-2-10-27-56-36-17-11-16-35(28-36)44(34-14-7-4-8-15-34)49-46(55)57-42-31-50(25-22-33(42)23-26-50)30-41(53)32-12-5-3-6-13-32/h3-8,11-21,28,33,40,42,44,47,52H,1-2,9-10,22-27,29-31H2,(H2-,48,49,51,54,55)/p+1. The van der Waals surface area contributed by atoms with E-state index in [4.69, 9.17) is 9.47 Å². The summed E-state index contributed by atoms with van der Waals surface area (Å²) in [5.74, 6) is 1.14. The summed E-state index contributed by atoms with van der Waals surface area (Å²) >= 11 is 0. The first-order valence-electron chi connectivity index (χ1n) is 20.2. The minimum Gasteiger partial charge on any atom is -0.506 e. The lowest BCUT2D eigenvalue weighted by molar-refractivity contribution is -0.938. The summed E-state index contributed by atoms with van der Waals surface area (Å²) in [7, 11) is 0. The molecular weight excluding hydrogens is 721 g/mol. The number of rotatable bonds is 18. The van der Waals surface area contributed by atoms with E-state index < -0.39 is 18.2 Å². The predicted octanol–water partition coefficient (Wildman–Crippen LogP) is 6.80. The van der Waals surface area contributed by atoms with E-state index in [2.05, 4.69) is 15.6 Å². The number of benzene rings is 4. The van der Waals surface area contributed by atoms with Crippen LogP contribution >= 0.6 is 0 Å². The molecule has 1 aromatic heterocycles. The molecule has 57 heavy (non-hydrogen) atoms. The molecule has 4 aromatic carbocycles. The summed E-state index contributed by atoms with van der Waals surface area (Å²) in [5, 5.41) is 28.0. The first kappa shape index (κ1) is 39.7. The second-order valence-electron chi connectivity index (χ2n) is 15.5. The van der Waals surface area contributed by atoms with Gasteiger partial charge in [0.15, 0.2) is 6.10 Å². The minimum absolute atomic E-state index is 0.0283. The van der Waals surface area contributed by atoms with Crippen LogP contribution in [0.1, 0.15) is 77.7 Å². The number of unbranched alkanes of at least 4 members (excludes halogenated alkanes) is 3. The van der Waals surface area contributed by atoms with E-state index in [1.54, 1.807) is 12.1 Å². The van der Waals surface area contributed by atoms with Crippen molar-refractivity contribution in [2.45, 2.75) is 56.8 Å². The van der Waals surface area contributed by atoms with Gasteiger partial charge in [-0.2, -0.15) is 0 Å². The average molecular weight is 774 g/mol. The van der Waals surface area contributed by atoms with Gasteiger partial charge < -0.3 is 39.8 Å². The van der Waals surface area contributed by atoms with Gasteiger partial charge in [0.05, 0.1) is 37.4 Å². The Labute approximate surface area is 333 Å². The van der Waals surface area contributed by atoms with Gasteiger partial charge in [0, 0.05) is 42.3 Å². The van der Waals surface area contributed by atoms with Gasteiger partial charge in [0.1, 0.15) is 24.6 Å². The van der Waals surface area contributed by atoms with E-state index in [0.29, 0.717) is 53.1 Å². The lowest BCUT2D eigenvalue weighted by Gasteiger charge is -2.51. The number of nitrogens with one attached hydrogen (secondary N) is 3. The van der Waals surface area contributed by atoms with E-state index in [1.165, 1.54) is 12.1 Å². The number of H-pyrrole nitrogens is 1. The topological polar surface area (TPSA) is 150 Å². The Morgan fingerprint density at radius 3 is 2.37 bits per heavy atom. The van der Waals surface area contributed by atoms with Crippen molar-refractivity contribution in [3.05, 3.63) is 142 Å². The fraction of sp³-hybridized carbons (Fsp3) is 0.370.